The first-order valence-corrected chi connectivity index (χ1v) is 6.63. The van der Waals surface area contributed by atoms with Gasteiger partial charge in [-0.05, 0) is 27.7 Å². The fourth-order valence-electron chi connectivity index (χ4n) is 2.06. The van der Waals surface area contributed by atoms with Gasteiger partial charge in [0.15, 0.2) is 0 Å². The molecule has 1 atom stereocenters. The van der Waals surface area contributed by atoms with Gasteiger partial charge in [-0.25, -0.2) is 4.79 Å². The van der Waals surface area contributed by atoms with Crippen LogP contribution in [0.5, 0.6) is 0 Å². The SMILES string of the molecule is C[C@H]1CN(C(=O)OC(C)(C)C)CCN1CCC(=O)O. The van der Waals surface area contributed by atoms with E-state index in [1.54, 1.807) is 4.90 Å². The van der Waals surface area contributed by atoms with E-state index in [4.69, 9.17) is 9.84 Å². The van der Waals surface area contributed by atoms with E-state index in [1.807, 2.05) is 27.7 Å². The Kier molecular flexibility index (Phi) is 5.17. The van der Waals surface area contributed by atoms with Crippen molar-refractivity contribution in [1.29, 1.82) is 0 Å². The van der Waals surface area contributed by atoms with Crippen LogP contribution in [0.25, 0.3) is 0 Å². The Balaban J connectivity index is 2.44. The van der Waals surface area contributed by atoms with Crippen molar-refractivity contribution in [2.24, 2.45) is 0 Å². The molecule has 0 aromatic rings. The molecule has 1 saturated heterocycles. The standard InChI is InChI=1S/C13H24N2O4/c1-10-9-15(12(18)19-13(2,3)4)8-7-14(10)6-5-11(16)17/h10H,5-9H2,1-4H3,(H,16,17)/t10-/m0/s1. The van der Waals surface area contributed by atoms with Crippen molar-refractivity contribution in [1.82, 2.24) is 9.80 Å². The molecular weight excluding hydrogens is 248 g/mol. The van der Waals surface area contributed by atoms with E-state index in [2.05, 4.69) is 4.90 Å². The van der Waals surface area contributed by atoms with Gasteiger partial charge in [0.1, 0.15) is 5.60 Å². The van der Waals surface area contributed by atoms with Gasteiger partial charge in [0.2, 0.25) is 0 Å². The number of carbonyl (C=O) groups excluding carboxylic acids is 1. The Hall–Kier alpha value is -1.30. The van der Waals surface area contributed by atoms with Crippen LogP contribution in [-0.2, 0) is 9.53 Å². The van der Waals surface area contributed by atoms with Crippen molar-refractivity contribution < 1.29 is 19.4 Å². The molecule has 0 radical (unpaired) electrons. The lowest BCUT2D eigenvalue weighted by molar-refractivity contribution is -0.137. The minimum absolute atomic E-state index is 0.136. The van der Waals surface area contributed by atoms with E-state index in [-0.39, 0.29) is 18.6 Å². The van der Waals surface area contributed by atoms with E-state index in [1.165, 1.54) is 0 Å². The third kappa shape index (κ3) is 5.46. The zero-order valence-corrected chi connectivity index (χ0v) is 12.2. The zero-order chi connectivity index (χ0) is 14.6. The number of amides is 1. The monoisotopic (exact) mass is 272 g/mol. The summed E-state index contributed by atoms with van der Waals surface area (Å²) in [5.74, 6) is -0.790. The number of aliphatic carboxylic acids is 1. The third-order valence-corrected chi connectivity index (χ3v) is 3.03. The first-order chi connectivity index (χ1) is 8.69. The Morgan fingerprint density at radius 1 is 1.32 bits per heavy atom. The van der Waals surface area contributed by atoms with E-state index < -0.39 is 11.6 Å². The normalized spacial score (nSPS) is 21.3. The minimum atomic E-state index is -0.790. The molecule has 19 heavy (non-hydrogen) atoms. The number of ether oxygens (including phenoxy) is 1. The molecule has 1 aliphatic heterocycles. The molecule has 1 rings (SSSR count). The Labute approximate surface area is 114 Å². The van der Waals surface area contributed by atoms with E-state index in [0.717, 1.165) is 0 Å². The van der Waals surface area contributed by atoms with Gasteiger partial charge in [-0.2, -0.15) is 0 Å². The van der Waals surface area contributed by atoms with Crippen molar-refractivity contribution in [3.05, 3.63) is 0 Å². The number of hydrogen-bond donors (Lipinski definition) is 1. The van der Waals surface area contributed by atoms with Crippen molar-refractivity contribution in [3.63, 3.8) is 0 Å². The quantitative estimate of drug-likeness (QED) is 0.841. The summed E-state index contributed by atoms with van der Waals surface area (Å²) in [5.41, 5.74) is -0.485. The molecule has 0 aliphatic carbocycles. The maximum absolute atomic E-state index is 11.9. The van der Waals surface area contributed by atoms with Crippen LogP contribution in [0.4, 0.5) is 4.79 Å². The van der Waals surface area contributed by atoms with Gasteiger partial charge in [-0.15, -0.1) is 0 Å². The summed E-state index contributed by atoms with van der Waals surface area (Å²) in [5, 5.41) is 8.69. The third-order valence-electron chi connectivity index (χ3n) is 3.03. The molecule has 1 amide bonds. The van der Waals surface area contributed by atoms with Crippen LogP contribution in [0.3, 0.4) is 0 Å². The summed E-state index contributed by atoms with van der Waals surface area (Å²) in [6, 6.07) is 0.153. The first kappa shape index (κ1) is 15.8. The van der Waals surface area contributed by atoms with Crippen LogP contribution in [0.2, 0.25) is 0 Å². The van der Waals surface area contributed by atoms with Gasteiger partial charge in [-0.3, -0.25) is 9.69 Å². The molecule has 1 N–H and O–H groups in total. The van der Waals surface area contributed by atoms with Gasteiger partial charge >= 0.3 is 12.1 Å². The number of piperazine rings is 1. The minimum Gasteiger partial charge on any atom is -0.481 e. The molecule has 0 saturated carbocycles. The maximum atomic E-state index is 11.9. The molecule has 0 bridgehead atoms. The Morgan fingerprint density at radius 2 is 1.95 bits per heavy atom. The number of nitrogens with zero attached hydrogens (tertiary/aromatic N) is 2. The van der Waals surface area contributed by atoms with Crippen LogP contribution in [0, 0.1) is 0 Å². The largest absolute Gasteiger partial charge is 0.481 e. The highest BCUT2D eigenvalue weighted by molar-refractivity contribution is 5.68. The van der Waals surface area contributed by atoms with Crippen molar-refractivity contribution in [2.45, 2.75) is 45.8 Å². The van der Waals surface area contributed by atoms with Gasteiger partial charge in [-0.1, -0.05) is 0 Å². The number of carboxylic acid groups (broad SMARTS) is 1. The second-order valence-electron chi connectivity index (χ2n) is 5.96. The highest BCUT2D eigenvalue weighted by Crippen LogP contribution is 2.14. The fourth-order valence-corrected chi connectivity index (χ4v) is 2.06. The maximum Gasteiger partial charge on any atom is 0.410 e. The first-order valence-electron chi connectivity index (χ1n) is 6.63. The van der Waals surface area contributed by atoms with Gasteiger partial charge < -0.3 is 14.7 Å². The predicted octanol–water partition coefficient (Wildman–Crippen LogP) is 1.40. The van der Waals surface area contributed by atoms with Crippen LogP contribution < -0.4 is 0 Å². The molecule has 1 heterocycles. The predicted molar refractivity (Wildman–Crippen MR) is 71.1 cm³/mol. The lowest BCUT2D eigenvalue weighted by atomic mass is 10.2. The van der Waals surface area contributed by atoms with Crippen LogP contribution in [0.15, 0.2) is 0 Å². The fraction of sp³-hybridized carbons (Fsp3) is 0.846. The highest BCUT2D eigenvalue weighted by Gasteiger charge is 2.29. The average Bonchev–Trinajstić information content (AvgIpc) is 2.24. The smallest absolute Gasteiger partial charge is 0.410 e. The van der Waals surface area contributed by atoms with Crippen molar-refractivity contribution >= 4 is 12.1 Å². The summed E-state index contributed by atoms with van der Waals surface area (Å²) in [6.45, 7) is 9.91. The molecule has 110 valence electrons. The van der Waals surface area contributed by atoms with E-state index in [0.29, 0.717) is 26.2 Å². The summed E-state index contributed by atoms with van der Waals surface area (Å²) >= 11 is 0. The van der Waals surface area contributed by atoms with Gasteiger partial charge in [0.25, 0.3) is 0 Å². The summed E-state index contributed by atoms with van der Waals surface area (Å²) in [7, 11) is 0. The molecule has 1 fully saturated rings. The topological polar surface area (TPSA) is 70.1 Å². The van der Waals surface area contributed by atoms with E-state index in [9.17, 15) is 9.59 Å². The summed E-state index contributed by atoms with van der Waals surface area (Å²) < 4.78 is 5.33. The number of rotatable bonds is 3. The molecule has 0 aromatic heterocycles. The molecule has 6 heteroatoms. The molecule has 0 aromatic carbocycles. The second kappa shape index (κ2) is 6.23. The average molecular weight is 272 g/mol. The number of carboxylic acids is 1. The van der Waals surface area contributed by atoms with Crippen molar-refractivity contribution in [2.75, 3.05) is 26.2 Å². The number of carbonyl (C=O) groups is 2. The highest BCUT2D eigenvalue weighted by atomic mass is 16.6. The number of hydrogen-bond acceptors (Lipinski definition) is 4. The molecule has 0 spiro atoms. The molecule has 0 unspecified atom stereocenters. The van der Waals surface area contributed by atoms with Crippen molar-refractivity contribution in [3.8, 4) is 0 Å². The summed E-state index contributed by atoms with van der Waals surface area (Å²) in [6.07, 6.45) is -0.159. The van der Waals surface area contributed by atoms with Crippen LogP contribution in [0.1, 0.15) is 34.1 Å². The van der Waals surface area contributed by atoms with Crippen LogP contribution >= 0.6 is 0 Å². The second-order valence-corrected chi connectivity index (χ2v) is 5.96. The summed E-state index contributed by atoms with van der Waals surface area (Å²) in [4.78, 5) is 26.3. The lowest BCUT2D eigenvalue weighted by Crippen LogP contribution is -2.54. The molecule has 1 aliphatic rings. The van der Waals surface area contributed by atoms with Crippen LogP contribution in [-0.4, -0.2) is 64.8 Å². The Bertz CT molecular complexity index is 338. The Morgan fingerprint density at radius 3 is 2.42 bits per heavy atom. The van der Waals surface area contributed by atoms with Gasteiger partial charge in [0.05, 0.1) is 6.42 Å². The lowest BCUT2D eigenvalue weighted by Gasteiger charge is -2.39. The molecule has 6 nitrogen and oxygen atoms in total. The molecular formula is C13H24N2O4. The van der Waals surface area contributed by atoms with Gasteiger partial charge in [0, 0.05) is 32.2 Å². The van der Waals surface area contributed by atoms with E-state index >= 15 is 0 Å². The zero-order valence-electron chi connectivity index (χ0n) is 12.2.